The number of nitrogens with zero attached hydrogens (tertiary/aromatic N) is 3. The molecule has 4 rings (SSSR count). The monoisotopic (exact) mass is 424 g/mol. The molecule has 1 fully saturated rings. The summed E-state index contributed by atoms with van der Waals surface area (Å²) in [4.78, 5) is 12.9. The molecule has 4 N–H and O–H groups in total. The van der Waals surface area contributed by atoms with Crippen molar-refractivity contribution in [1.82, 2.24) is 15.3 Å². The van der Waals surface area contributed by atoms with E-state index in [4.69, 9.17) is 22.3 Å². The Kier molecular flexibility index (Phi) is 4.62. The number of aliphatic imine (C=N–C) groups is 1. The summed E-state index contributed by atoms with van der Waals surface area (Å²) in [6.07, 6.45) is 4.56. The number of hydrogen-bond acceptors (Lipinski definition) is 7. The third kappa shape index (κ3) is 3.88. The second-order valence-electron chi connectivity index (χ2n) is 6.93. The SMILES string of the molecule is CS(=O)(=O)Nc1cc(F)cc(C2N=C(C3CC3)NC2c2ccnc(N)n2)c1Cl. The summed E-state index contributed by atoms with van der Waals surface area (Å²) in [5, 5.41) is 3.43. The lowest BCUT2D eigenvalue weighted by molar-refractivity contribution is 0.550. The van der Waals surface area contributed by atoms with Gasteiger partial charge in [0.05, 0.1) is 28.7 Å². The second kappa shape index (κ2) is 6.85. The molecular weight excluding hydrogens is 407 g/mol. The van der Waals surface area contributed by atoms with Crippen molar-refractivity contribution in [1.29, 1.82) is 0 Å². The molecule has 1 aromatic heterocycles. The molecule has 2 heterocycles. The quantitative estimate of drug-likeness (QED) is 0.677. The van der Waals surface area contributed by atoms with E-state index in [1.165, 1.54) is 12.3 Å². The predicted octanol–water partition coefficient (Wildman–Crippen LogP) is 2.42. The molecular formula is C17H18ClFN6O2S. The largest absolute Gasteiger partial charge is 0.368 e. The van der Waals surface area contributed by atoms with E-state index in [-0.39, 0.29) is 16.7 Å². The van der Waals surface area contributed by atoms with E-state index in [1.807, 2.05) is 0 Å². The highest BCUT2D eigenvalue weighted by Crippen LogP contribution is 2.44. The van der Waals surface area contributed by atoms with Gasteiger partial charge < -0.3 is 11.1 Å². The van der Waals surface area contributed by atoms with Gasteiger partial charge in [-0.2, -0.15) is 0 Å². The van der Waals surface area contributed by atoms with E-state index in [9.17, 15) is 12.8 Å². The van der Waals surface area contributed by atoms with E-state index in [0.717, 1.165) is 31.0 Å². The van der Waals surface area contributed by atoms with Crippen molar-refractivity contribution >= 4 is 39.1 Å². The molecule has 2 atom stereocenters. The number of benzene rings is 1. The third-order valence-electron chi connectivity index (χ3n) is 4.56. The lowest BCUT2D eigenvalue weighted by Gasteiger charge is -2.21. The number of rotatable bonds is 5. The first-order valence-corrected chi connectivity index (χ1v) is 10.9. The Morgan fingerprint density at radius 1 is 1.36 bits per heavy atom. The van der Waals surface area contributed by atoms with Crippen molar-refractivity contribution in [2.24, 2.45) is 10.9 Å². The highest BCUT2D eigenvalue weighted by Gasteiger charge is 2.40. The van der Waals surface area contributed by atoms with Gasteiger partial charge in [-0.1, -0.05) is 11.6 Å². The zero-order valence-electron chi connectivity index (χ0n) is 14.9. The van der Waals surface area contributed by atoms with Gasteiger partial charge in [0.15, 0.2) is 0 Å². The Morgan fingerprint density at radius 2 is 2.11 bits per heavy atom. The van der Waals surface area contributed by atoms with Crippen LogP contribution in [0.2, 0.25) is 5.02 Å². The first kappa shape index (κ1) is 18.9. The average Bonchev–Trinajstić information content (AvgIpc) is 3.35. The van der Waals surface area contributed by atoms with Crippen LogP contribution in [0.4, 0.5) is 16.0 Å². The van der Waals surface area contributed by atoms with Gasteiger partial charge in [0.1, 0.15) is 17.7 Å². The molecule has 11 heteroatoms. The summed E-state index contributed by atoms with van der Waals surface area (Å²) in [5.74, 6) is 0.627. The summed E-state index contributed by atoms with van der Waals surface area (Å²) < 4.78 is 39.8. The van der Waals surface area contributed by atoms with Crippen LogP contribution in [0.15, 0.2) is 29.4 Å². The number of nitrogen functional groups attached to an aromatic ring is 1. The normalized spacial score (nSPS) is 21.9. The Bertz CT molecular complexity index is 1070. The van der Waals surface area contributed by atoms with Crippen LogP contribution in [-0.4, -0.2) is 30.5 Å². The lowest BCUT2D eigenvalue weighted by Crippen LogP contribution is -2.26. The number of aromatic nitrogens is 2. The highest BCUT2D eigenvalue weighted by molar-refractivity contribution is 7.92. The Hall–Kier alpha value is -2.46. The maximum Gasteiger partial charge on any atom is 0.229 e. The van der Waals surface area contributed by atoms with Gasteiger partial charge in [-0.05, 0) is 31.0 Å². The van der Waals surface area contributed by atoms with Crippen LogP contribution in [0.5, 0.6) is 0 Å². The number of anilines is 2. The van der Waals surface area contributed by atoms with Crippen LogP contribution in [0.1, 0.15) is 36.2 Å². The van der Waals surface area contributed by atoms with Crippen LogP contribution in [-0.2, 0) is 10.0 Å². The van der Waals surface area contributed by atoms with Crippen molar-refractivity contribution in [3.8, 4) is 0 Å². The zero-order valence-corrected chi connectivity index (χ0v) is 16.4. The molecule has 0 amide bonds. The van der Waals surface area contributed by atoms with Crippen molar-refractivity contribution in [3.63, 3.8) is 0 Å². The molecule has 0 saturated heterocycles. The minimum absolute atomic E-state index is 0.0322. The van der Waals surface area contributed by atoms with Crippen LogP contribution in [0.3, 0.4) is 0 Å². The topological polar surface area (TPSA) is 122 Å². The molecule has 2 aromatic rings. The van der Waals surface area contributed by atoms with Crippen LogP contribution in [0, 0.1) is 11.7 Å². The highest BCUT2D eigenvalue weighted by atomic mass is 35.5. The van der Waals surface area contributed by atoms with Gasteiger partial charge in [-0.15, -0.1) is 0 Å². The van der Waals surface area contributed by atoms with Gasteiger partial charge in [0.25, 0.3) is 0 Å². The number of halogens is 2. The van der Waals surface area contributed by atoms with Gasteiger partial charge >= 0.3 is 0 Å². The standard InChI is InChI=1S/C17H18ClFN6O2S/c1-28(26,27)25-12-7-9(19)6-10(13(12)18)14-15(11-4-5-21-17(20)22-11)24-16(23-14)8-2-3-8/h4-8,14-15,25H,2-3H2,1H3,(H,23,24)(H2,20,21,22). The number of nitrogens with one attached hydrogen (secondary N) is 2. The number of sulfonamides is 1. The summed E-state index contributed by atoms with van der Waals surface area (Å²) in [6.45, 7) is 0. The second-order valence-corrected chi connectivity index (χ2v) is 9.05. The molecule has 2 aliphatic rings. The average molecular weight is 425 g/mol. The minimum Gasteiger partial charge on any atom is -0.368 e. The summed E-state index contributed by atoms with van der Waals surface area (Å²) in [5.41, 5.74) is 6.63. The molecule has 1 aliphatic carbocycles. The van der Waals surface area contributed by atoms with Gasteiger partial charge in [-0.25, -0.2) is 22.8 Å². The first-order valence-electron chi connectivity index (χ1n) is 8.60. The van der Waals surface area contributed by atoms with Crippen molar-refractivity contribution in [2.45, 2.75) is 24.9 Å². The Balaban J connectivity index is 1.80. The summed E-state index contributed by atoms with van der Waals surface area (Å²) >= 11 is 6.45. The molecule has 1 aliphatic heterocycles. The van der Waals surface area contributed by atoms with Gasteiger partial charge in [0.2, 0.25) is 16.0 Å². The number of hydrogen-bond donors (Lipinski definition) is 3. The predicted molar refractivity (Wildman–Crippen MR) is 105 cm³/mol. The van der Waals surface area contributed by atoms with E-state index < -0.39 is 27.9 Å². The summed E-state index contributed by atoms with van der Waals surface area (Å²) in [6, 6.07) is 2.99. The van der Waals surface area contributed by atoms with Crippen molar-refractivity contribution in [2.75, 3.05) is 16.7 Å². The molecule has 148 valence electrons. The fraction of sp³-hybridized carbons (Fsp3) is 0.353. The fourth-order valence-corrected chi connectivity index (χ4v) is 4.11. The number of amidine groups is 1. The van der Waals surface area contributed by atoms with E-state index >= 15 is 0 Å². The fourth-order valence-electron chi connectivity index (χ4n) is 3.23. The molecule has 0 bridgehead atoms. The van der Waals surface area contributed by atoms with Crippen molar-refractivity contribution < 1.29 is 12.8 Å². The van der Waals surface area contributed by atoms with Crippen LogP contribution in [0.25, 0.3) is 0 Å². The maximum atomic E-state index is 14.3. The molecule has 2 unspecified atom stereocenters. The number of nitrogens with two attached hydrogens (primary N) is 1. The zero-order chi connectivity index (χ0) is 20.1. The minimum atomic E-state index is -3.63. The van der Waals surface area contributed by atoms with Crippen LogP contribution >= 0.6 is 11.6 Å². The molecule has 8 nitrogen and oxygen atoms in total. The van der Waals surface area contributed by atoms with Crippen LogP contribution < -0.4 is 15.8 Å². The van der Waals surface area contributed by atoms with Gasteiger partial charge in [0, 0.05) is 17.7 Å². The third-order valence-corrected chi connectivity index (χ3v) is 5.57. The lowest BCUT2D eigenvalue weighted by atomic mass is 9.97. The maximum absolute atomic E-state index is 14.3. The summed E-state index contributed by atoms with van der Waals surface area (Å²) in [7, 11) is -3.63. The van der Waals surface area contributed by atoms with E-state index in [0.29, 0.717) is 17.2 Å². The molecule has 1 saturated carbocycles. The molecule has 28 heavy (non-hydrogen) atoms. The van der Waals surface area contributed by atoms with Gasteiger partial charge in [-0.3, -0.25) is 9.71 Å². The molecule has 0 radical (unpaired) electrons. The Labute approximate surface area is 166 Å². The van der Waals surface area contributed by atoms with E-state index in [1.54, 1.807) is 6.07 Å². The molecule has 0 spiro atoms. The van der Waals surface area contributed by atoms with E-state index in [2.05, 4.69) is 20.0 Å². The van der Waals surface area contributed by atoms with Crippen molar-refractivity contribution in [3.05, 3.63) is 46.5 Å². The molecule has 1 aromatic carbocycles. The smallest absolute Gasteiger partial charge is 0.229 e. The Morgan fingerprint density at radius 3 is 2.75 bits per heavy atom. The first-order chi connectivity index (χ1) is 13.2.